The first-order valence-corrected chi connectivity index (χ1v) is 13.4. The van der Waals surface area contributed by atoms with Gasteiger partial charge in [0.2, 0.25) is 0 Å². The summed E-state index contributed by atoms with van der Waals surface area (Å²) < 4.78 is 5.42. The maximum absolute atomic E-state index is 13.2. The Morgan fingerprint density at radius 1 is 1.10 bits per heavy atom. The molecule has 2 atom stereocenters. The van der Waals surface area contributed by atoms with Crippen LogP contribution in [0.15, 0.2) is 65.3 Å². The molecule has 1 aromatic heterocycles. The molecule has 0 bridgehead atoms. The number of furan rings is 1. The second-order valence-electron chi connectivity index (χ2n) is 9.82. The van der Waals surface area contributed by atoms with Crippen molar-refractivity contribution in [1.82, 2.24) is 10.2 Å². The fraction of sp³-hybridized carbons (Fsp3) is 0.233. The molecule has 4 aromatic rings. The van der Waals surface area contributed by atoms with E-state index in [1.807, 2.05) is 12.1 Å². The first kappa shape index (κ1) is 27.7. The van der Waals surface area contributed by atoms with Gasteiger partial charge in [0.15, 0.2) is 0 Å². The number of aliphatic carboxylic acids is 1. The van der Waals surface area contributed by atoms with Gasteiger partial charge in [-0.15, -0.1) is 0 Å². The number of rotatable bonds is 7. The van der Waals surface area contributed by atoms with Crippen molar-refractivity contribution >= 4 is 52.0 Å². The summed E-state index contributed by atoms with van der Waals surface area (Å²) in [7, 11) is 0. The monoisotopic (exact) mass is 580 g/mol. The third-order valence-electron chi connectivity index (χ3n) is 7.10. The summed E-state index contributed by atoms with van der Waals surface area (Å²) >= 11 is 13.2. The van der Waals surface area contributed by atoms with Crippen LogP contribution in [0.2, 0.25) is 10.0 Å². The van der Waals surface area contributed by atoms with Gasteiger partial charge in [-0.2, -0.15) is 0 Å². The molecule has 0 saturated carbocycles. The first-order chi connectivity index (χ1) is 19.1. The highest BCUT2D eigenvalue weighted by atomic mass is 35.5. The summed E-state index contributed by atoms with van der Waals surface area (Å²) in [6.45, 7) is 2.25. The number of carbonyl (C=O) groups is 3. The van der Waals surface area contributed by atoms with Gasteiger partial charge in [0, 0.05) is 30.5 Å². The Kier molecular flexibility index (Phi) is 7.85. The highest BCUT2D eigenvalue weighted by Gasteiger charge is 2.30. The average Bonchev–Trinajstić information content (AvgIpc) is 3.40. The quantitative estimate of drug-likeness (QED) is 0.268. The van der Waals surface area contributed by atoms with E-state index in [4.69, 9.17) is 27.6 Å². The molecule has 1 unspecified atom stereocenters. The van der Waals surface area contributed by atoms with Gasteiger partial charge in [-0.3, -0.25) is 9.59 Å². The molecule has 0 radical (unpaired) electrons. The smallest absolute Gasteiger partial charge is 0.326 e. The van der Waals surface area contributed by atoms with Gasteiger partial charge in [0.1, 0.15) is 11.6 Å². The van der Waals surface area contributed by atoms with E-state index in [0.29, 0.717) is 40.8 Å². The normalized spacial score (nSPS) is 14.4. The Morgan fingerprint density at radius 2 is 1.90 bits per heavy atom. The number of halogens is 2. The van der Waals surface area contributed by atoms with Crippen LogP contribution in [0, 0.1) is 0 Å². The standard InChI is InChI=1S/C30H26Cl2N2O6/c1-16(35)19-4-2-3-17(11-19)12-24(30(38)39)33-28(36)26-23(31)13-21-15-34(9-7-22(21)27(26)32)29(37)20-6-5-18-8-10-40-25(18)14-20/h2-6,8,10-11,13-14,16,24,35H,7,9,12,15H2,1H3,(H,33,36)(H,38,39)/t16?,24-/m0/s1. The zero-order chi connectivity index (χ0) is 28.6. The summed E-state index contributed by atoms with van der Waals surface area (Å²) in [5, 5.41) is 23.3. The van der Waals surface area contributed by atoms with Crippen LogP contribution in [-0.4, -0.2) is 45.5 Å². The number of amides is 2. The van der Waals surface area contributed by atoms with Crippen LogP contribution >= 0.6 is 23.2 Å². The molecule has 1 aliphatic rings. The maximum atomic E-state index is 13.2. The van der Waals surface area contributed by atoms with Crippen LogP contribution in [0.4, 0.5) is 0 Å². The van der Waals surface area contributed by atoms with Crippen molar-refractivity contribution in [3.05, 3.63) is 104 Å². The zero-order valence-corrected chi connectivity index (χ0v) is 23.0. The van der Waals surface area contributed by atoms with E-state index in [1.54, 1.807) is 60.6 Å². The number of aliphatic hydroxyl groups excluding tert-OH is 1. The molecule has 8 nitrogen and oxygen atoms in total. The zero-order valence-electron chi connectivity index (χ0n) is 21.5. The highest BCUT2D eigenvalue weighted by molar-refractivity contribution is 6.40. The summed E-state index contributed by atoms with van der Waals surface area (Å²) in [4.78, 5) is 40.1. The third-order valence-corrected chi connectivity index (χ3v) is 7.81. The number of benzene rings is 3. The van der Waals surface area contributed by atoms with Crippen LogP contribution in [-0.2, 0) is 24.2 Å². The van der Waals surface area contributed by atoms with Crippen molar-refractivity contribution in [3.63, 3.8) is 0 Å². The van der Waals surface area contributed by atoms with Crippen molar-refractivity contribution in [1.29, 1.82) is 0 Å². The predicted octanol–water partition coefficient (Wildman–Crippen LogP) is 5.42. The van der Waals surface area contributed by atoms with Crippen LogP contribution in [0.1, 0.15) is 56.0 Å². The summed E-state index contributed by atoms with van der Waals surface area (Å²) in [5.41, 5.74) is 3.81. The minimum atomic E-state index is -1.25. The number of carbonyl (C=O) groups excluding carboxylic acids is 2. The van der Waals surface area contributed by atoms with E-state index in [1.165, 1.54) is 0 Å². The Balaban J connectivity index is 1.34. The Bertz CT molecular complexity index is 1630. The van der Waals surface area contributed by atoms with Crippen molar-refractivity contribution < 1.29 is 29.0 Å². The first-order valence-electron chi connectivity index (χ1n) is 12.7. The fourth-order valence-corrected chi connectivity index (χ4v) is 5.71. The van der Waals surface area contributed by atoms with Crippen LogP contribution in [0.25, 0.3) is 11.0 Å². The number of aliphatic hydroxyl groups is 1. The second-order valence-corrected chi connectivity index (χ2v) is 10.6. The third kappa shape index (κ3) is 5.56. The largest absolute Gasteiger partial charge is 0.480 e. The van der Waals surface area contributed by atoms with Gasteiger partial charge >= 0.3 is 5.97 Å². The molecule has 0 fully saturated rings. The molecule has 206 valence electrons. The molecule has 3 N–H and O–H groups in total. The van der Waals surface area contributed by atoms with E-state index >= 15 is 0 Å². The molecule has 0 aliphatic carbocycles. The number of carboxylic acids is 1. The van der Waals surface area contributed by atoms with Crippen molar-refractivity contribution in [2.75, 3.05) is 6.54 Å². The number of nitrogens with one attached hydrogen (secondary N) is 1. The Morgan fingerprint density at radius 3 is 2.65 bits per heavy atom. The minimum Gasteiger partial charge on any atom is -0.480 e. The maximum Gasteiger partial charge on any atom is 0.326 e. The topological polar surface area (TPSA) is 120 Å². The number of hydrogen-bond acceptors (Lipinski definition) is 5. The van der Waals surface area contributed by atoms with E-state index < -0.39 is 24.0 Å². The molecule has 10 heteroatoms. The lowest BCUT2D eigenvalue weighted by Crippen LogP contribution is -2.42. The van der Waals surface area contributed by atoms with Crippen LogP contribution < -0.4 is 5.32 Å². The number of fused-ring (bicyclic) bond motifs is 2. The Labute approximate surface area is 240 Å². The fourth-order valence-electron chi connectivity index (χ4n) is 4.95. The minimum absolute atomic E-state index is 0.00266. The summed E-state index contributed by atoms with van der Waals surface area (Å²) in [6, 6.07) is 14.4. The average molecular weight is 581 g/mol. The molecule has 0 spiro atoms. The lowest BCUT2D eigenvalue weighted by Gasteiger charge is -2.30. The molecule has 1 aliphatic heterocycles. The van der Waals surface area contributed by atoms with E-state index in [2.05, 4.69) is 5.32 Å². The number of hydrogen-bond donors (Lipinski definition) is 3. The molecule has 40 heavy (non-hydrogen) atoms. The highest BCUT2D eigenvalue weighted by Crippen LogP contribution is 2.35. The number of nitrogens with zero attached hydrogens (tertiary/aromatic N) is 1. The van der Waals surface area contributed by atoms with E-state index in [9.17, 15) is 24.6 Å². The molecule has 5 rings (SSSR count). The van der Waals surface area contributed by atoms with Gasteiger partial charge in [-0.05, 0) is 59.9 Å². The molecular formula is C30H26Cl2N2O6. The van der Waals surface area contributed by atoms with Crippen molar-refractivity contribution in [2.24, 2.45) is 0 Å². The molecule has 3 aromatic carbocycles. The SMILES string of the molecule is CC(O)c1cccc(C[C@H](NC(=O)c2c(Cl)cc3c(c2Cl)CCN(C(=O)c2ccc4ccoc4c2)C3)C(=O)O)c1. The van der Waals surface area contributed by atoms with Crippen molar-refractivity contribution in [2.45, 2.75) is 38.5 Å². The van der Waals surface area contributed by atoms with Crippen LogP contribution in [0.3, 0.4) is 0 Å². The lowest BCUT2D eigenvalue weighted by molar-refractivity contribution is -0.139. The van der Waals surface area contributed by atoms with Gasteiger partial charge in [0.25, 0.3) is 11.8 Å². The molecule has 0 saturated heterocycles. The van der Waals surface area contributed by atoms with E-state index in [0.717, 1.165) is 10.9 Å². The lowest BCUT2D eigenvalue weighted by atomic mass is 9.95. The van der Waals surface area contributed by atoms with Crippen molar-refractivity contribution in [3.8, 4) is 0 Å². The van der Waals surface area contributed by atoms with Gasteiger partial charge < -0.3 is 24.8 Å². The predicted molar refractivity (Wildman–Crippen MR) is 151 cm³/mol. The second kappa shape index (κ2) is 11.3. The number of carboxylic acid groups (broad SMARTS) is 1. The van der Waals surface area contributed by atoms with E-state index in [-0.39, 0.29) is 34.5 Å². The van der Waals surface area contributed by atoms with Crippen LogP contribution in [0.5, 0.6) is 0 Å². The molecule has 2 amide bonds. The summed E-state index contributed by atoms with van der Waals surface area (Å²) in [6.07, 6.45) is 1.26. The molecular weight excluding hydrogens is 555 g/mol. The van der Waals surface area contributed by atoms with Gasteiger partial charge in [-0.1, -0.05) is 53.5 Å². The Hall–Kier alpha value is -3.85. The van der Waals surface area contributed by atoms with Gasteiger partial charge in [-0.25, -0.2) is 4.79 Å². The molecule has 2 heterocycles. The van der Waals surface area contributed by atoms with Gasteiger partial charge in [0.05, 0.1) is 28.0 Å². The summed E-state index contributed by atoms with van der Waals surface area (Å²) in [5.74, 6) is -2.09.